The van der Waals surface area contributed by atoms with Crippen LogP contribution in [-0.4, -0.2) is 61.0 Å². The van der Waals surface area contributed by atoms with Crippen LogP contribution in [0.4, 0.5) is 11.4 Å². The number of nitrogens with one attached hydrogen (secondary N) is 4. The van der Waals surface area contributed by atoms with E-state index in [1.54, 1.807) is 11.8 Å². The number of para-hydroxylation sites is 1. The molecule has 11 heteroatoms. The molecule has 0 bridgehead atoms. The number of aliphatic hydroxyl groups is 1. The Morgan fingerprint density at radius 2 is 1.82 bits per heavy atom. The van der Waals surface area contributed by atoms with Crippen LogP contribution in [0.15, 0.2) is 52.3 Å². The smallest absolute Gasteiger partial charge is 0.258 e. The molecular formula is C29H36N4O6S. The van der Waals surface area contributed by atoms with Crippen molar-refractivity contribution in [3.63, 3.8) is 0 Å². The van der Waals surface area contributed by atoms with E-state index in [0.717, 1.165) is 46.8 Å². The summed E-state index contributed by atoms with van der Waals surface area (Å²) < 4.78 is 10.8. The predicted octanol–water partition coefficient (Wildman–Crippen LogP) is 3.07. The minimum atomic E-state index is -1.05. The van der Waals surface area contributed by atoms with Crippen molar-refractivity contribution in [3.8, 4) is 5.75 Å². The summed E-state index contributed by atoms with van der Waals surface area (Å²) in [6, 6.07) is 12.4. The summed E-state index contributed by atoms with van der Waals surface area (Å²) in [6.45, 7) is -0.152. The van der Waals surface area contributed by atoms with Crippen molar-refractivity contribution in [1.82, 2.24) is 16.0 Å². The Bertz CT molecular complexity index is 1220. The Kier molecular flexibility index (Phi) is 9.45. The number of aliphatic hydroxyl groups excluding tert-OH is 1. The first kappa shape index (κ1) is 28.3. The Hall–Kier alpha value is -3.28. The number of benzene rings is 2. The average molecular weight is 569 g/mol. The highest BCUT2D eigenvalue weighted by Gasteiger charge is 2.32. The Balaban J connectivity index is 1.09. The van der Waals surface area contributed by atoms with Crippen LogP contribution < -0.4 is 26.0 Å². The van der Waals surface area contributed by atoms with Gasteiger partial charge in [-0.25, -0.2) is 0 Å². The molecule has 1 aliphatic carbocycles. The third kappa shape index (κ3) is 7.47. The molecule has 3 amide bonds. The number of amides is 3. The van der Waals surface area contributed by atoms with Gasteiger partial charge in [-0.15, -0.1) is 0 Å². The maximum absolute atomic E-state index is 13.0. The summed E-state index contributed by atoms with van der Waals surface area (Å²) in [5, 5.41) is 21.5. The zero-order valence-corrected chi connectivity index (χ0v) is 23.1. The van der Waals surface area contributed by atoms with Gasteiger partial charge in [-0.1, -0.05) is 56.0 Å². The minimum Gasteiger partial charge on any atom is -0.484 e. The standard InChI is InChI=1S/C29H36N4O6S/c34-26(32-23(14-18-6-2-1-3-7-18)28(36)33-21-12-13-38-29(21)37)16-30-27(35)17-39-19-10-11-25-22(15-19)31-20-8-4-5-9-24(20)40-25/h4-5,8-11,15,18,21,23,29,31,37H,1-3,6-7,12-14,16-17H2,(H,30,35)(H,32,34)(H,33,36)/t21-,23-,29?/m0/s1. The van der Waals surface area contributed by atoms with Crippen molar-refractivity contribution in [2.45, 2.75) is 73.1 Å². The fourth-order valence-corrected chi connectivity index (χ4v) is 6.29. The SMILES string of the molecule is O=C(COc1ccc2c(c1)Nc1ccccc1S2)NCC(=O)N[C@@H](CC1CCCCC1)C(=O)N[C@H]1CCOC1O. The second kappa shape index (κ2) is 13.4. The summed E-state index contributed by atoms with van der Waals surface area (Å²) in [6.07, 6.45) is 5.45. The van der Waals surface area contributed by atoms with E-state index in [2.05, 4.69) is 27.3 Å². The number of rotatable bonds is 10. The van der Waals surface area contributed by atoms with E-state index in [0.29, 0.717) is 31.1 Å². The van der Waals surface area contributed by atoms with Crippen LogP contribution in [0, 0.1) is 5.92 Å². The molecule has 214 valence electrons. The van der Waals surface area contributed by atoms with Crippen LogP contribution in [0.2, 0.25) is 0 Å². The summed E-state index contributed by atoms with van der Waals surface area (Å²) in [4.78, 5) is 40.4. The lowest BCUT2D eigenvalue weighted by Crippen LogP contribution is -2.53. The fraction of sp³-hybridized carbons (Fsp3) is 0.483. The van der Waals surface area contributed by atoms with Crippen molar-refractivity contribution in [1.29, 1.82) is 0 Å². The number of ether oxygens (including phenoxy) is 2. The van der Waals surface area contributed by atoms with Gasteiger partial charge in [0.1, 0.15) is 11.8 Å². The molecule has 2 aliphatic heterocycles. The quantitative estimate of drug-likeness (QED) is 0.252. The summed E-state index contributed by atoms with van der Waals surface area (Å²) in [7, 11) is 0. The third-order valence-electron chi connectivity index (χ3n) is 7.48. The van der Waals surface area contributed by atoms with E-state index < -0.39 is 30.2 Å². The Morgan fingerprint density at radius 1 is 1.02 bits per heavy atom. The van der Waals surface area contributed by atoms with Gasteiger partial charge in [0.15, 0.2) is 12.9 Å². The van der Waals surface area contributed by atoms with E-state index >= 15 is 0 Å². The molecule has 0 spiro atoms. The molecule has 0 aromatic heterocycles. The van der Waals surface area contributed by atoms with Gasteiger partial charge in [0.25, 0.3) is 5.91 Å². The number of hydrogen-bond acceptors (Lipinski definition) is 8. The highest BCUT2D eigenvalue weighted by Crippen LogP contribution is 2.45. The second-order valence-corrected chi connectivity index (χ2v) is 11.6. The van der Waals surface area contributed by atoms with Crippen molar-refractivity contribution in [3.05, 3.63) is 42.5 Å². The van der Waals surface area contributed by atoms with Crippen LogP contribution in [0.1, 0.15) is 44.9 Å². The molecule has 2 aromatic carbocycles. The molecule has 2 fully saturated rings. The van der Waals surface area contributed by atoms with Gasteiger partial charge in [-0.05, 0) is 43.0 Å². The van der Waals surface area contributed by atoms with Crippen LogP contribution in [0.3, 0.4) is 0 Å². The lowest BCUT2D eigenvalue weighted by molar-refractivity contribution is -0.132. The highest BCUT2D eigenvalue weighted by atomic mass is 32.2. The van der Waals surface area contributed by atoms with Gasteiger partial charge in [0.2, 0.25) is 11.8 Å². The second-order valence-electron chi connectivity index (χ2n) is 10.5. The van der Waals surface area contributed by atoms with E-state index in [4.69, 9.17) is 9.47 Å². The van der Waals surface area contributed by atoms with Gasteiger partial charge in [0, 0.05) is 15.9 Å². The molecular weight excluding hydrogens is 532 g/mol. The van der Waals surface area contributed by atoms with Gasteiger partial charge < -0.3 is 35.8 Å². The molecule has 2 heterocycles. The molecule has 40 heavy (non-hydrogen) atoms. The molecule has 5 N–H and O–H groups in total. The molecule has 3 aliphatic rings. The first-order valence-electron chi connectivity index (χ1n) is 13.9. The number of anilines is 2. The monoisotopic (exact) mass is 568 g/mol. The zero-order chi connectivity index (χ0) is 27.9. The number of hydrogen-bond donors (Lipinski definition) is 5. The lowest BCUT2D eigenvalue weighted by atomic mass is 9.84. The van der Waals surface area contributed by atoms with Gasteiger partial charge in [-0.3, -0.25) is 14.4 Å². The summed E-state index contributed by atoms with van der Waals surface area (Å²) in [5.41, 5.74) is 1.92. The number of fused-ring (bicyclic) bond motifs is 2. The maximum atomic E-state index is 13.0. The minimum absolute atomic E-state index is 0.249. The molecule has 10 nitrogen and oxygen atoms in total. The topological polar surface area (TPSA) is 138 Å². The van der Waals surface area contributed by atoms with Crippen molar-refractivity contribution < 1.29 is 29.0 Å². The van der Waals surface area contributed by atoms with Crippen LogP contribution in [0.5, 0.6) is 5.75 Å². The fourth-order valence-electron chi connectivity index (χ4n) is 5.32. The van der Waals surface area contributed by atoms with E-state index in [1.165, 1.54) is 6.42 Å². The molecule has 3 atom stereocenters. The van der Waals surface area contributed by atoms with E-state index in [9.17, 15) is 19.5 Å². The van der Waals surface area contributed by atoms with Crippen molar-refractivity contribution in [2.24, 2.45) is 5.92 Å². The Labute approximate surface area is 238 Å². The predicted molar refractivity (Wildman–Crippen MR) is 150 cm³/mol. The molecule has 2 aromatic rings. The molecule has 1 saturated carbocycles. The average Bonchev–Trinajstić information content (AvgIpc) is 3.37. The third-order valence-corrected chi connectivity index (χ3v) is 8.63. The lowest BCUT2D eigenvalue weighted by Gasteiger charge is -2.28. The van der Waals surface area contributed by atoms with Crippen LogP contribution in [-0.2, 0) is 19.1 Å². The van der Waals surface area contributed by atoms with E-state index in [1.807, 2.05) is 36.4 Å². The van der Waals surface area contributed by atoms with Crippen molar-refractivity contribution >= 4 is 40.9 Å². The highest BCUT2D eigenvalue weighted by molar-refractivity contribution is 7.99. The molecule has 0 radical (unpaired) electrons. The first-order chi connectivity index (χ1) is 19.4. The van der Waals surface area contributed by atoms with Crippen LogP contribution >= 0.6 is 11.8 Å². The van der Waals surface area contributed by atoms with Crippen LogP contribution in [0.25, 0.3) is 0 Å². The summed E-state index contributed by atoms with van der Waals surface area (Å²) >= 11 is 1.66. The van der Waals surface area contributed by atoms with Gasteiger partial charge >= 0.3 is 0 Å². The number of carbonyl (C=O) groups excluding carboxylic acids is 3. The van der Waals surface area contributed by atoms with Gasteiger partial charge in [-0.2, -0.15) is 0 Å². The van der Waals surface area contributed by atoms with Crippen molar-refractivity contribution in [2.75, 3.05) is 25.1 Å². The first-order valence-corrected chi connectivity index (χ1v) is 14.7. The molecule has 5 rings (SSSR count). The normalized spacial score (nSPS) is 20.8. The zero-order valence-electron chi connectivity index (χ0n) is 22.3. The Morgan fingerprint density at radius 3 is 2.62 bits per heavy atom. The van der Waals surface area contributed by atoms with Gasteiger partial charge in [0.05, 0.1) is 30.6 Å². The maximum Gasteiger partial charge on any atom is 0.258 e. The number of carbonyl (C=O) groups is 3. The summed E-state index contributed by atoms with van der Waals surface area (Å²) in [5.74, 6) is -0.366. The molecule has 1 unspecified atom stereocenters. The van der Waals surface area contributed by atoms with E-state index in [-0.39, 0.29) is 19.1 Å². The molecule has 1 saturated heterocycles. The largest absolute Gasteiger partial charge is 0.484 e.